The zero-order valence-corrected chi connectivity index (χ0v) is 15.3. The quantitative estimate of drug-likeness (QED) is 0.750. The molecule has 138 valence electrons. The predicted molar refractivity (Wildman–Crippen MR) is 102 cm³/mol. The number of pyridine rings is 1. The zero-order chi connectivity index (χ0) is 19.0. The highest BCUT2D eigenvalue weighted by molar-refractivity contribution is 6.31. The fourth-order valence-corrected chi connectivity index (χ4v) is 3.53. The molecule has 2 atom stereocenters. The van der Waals surface area contributed by atoms with E-state index in [9.17, 15) is 4.39 Å². The molecule has 3 aromatic rings. The van der Waals surface area contributed by atoms with Gasteiger partial charge in [-0.1, -0.05) is 11.6 Å². The Morgan fingerprint density at radius 1 is 1.33 bits per heavy atom. The first-order valence-electron chi connectivity index (χ1n) is 8.70. The van der Waals surface area contributed by atoms with Gasteiger partial charge in [0.2, 0.25) is 5.95 Å². The lowest BCUT2D eigenvalue weighted by Crippen LogP contribution is -2.50. The smallest absolute Gasteiger partial charge is 0.206 e. The molecule has 4 rings (SSSR count). The molecule has 0 radical (unpaired) electrons. The minimum Gasteiger partial charge on any atom is -0.340 e. The summed E-state index contributed by atoms with van der Waals surface area (Å²) in [6, 6.07) is 10.6. The van der Waals surface area contributed by atoms with Crippen LogP contribution in [0.1, 0.15) is 17.7 Å². The molecule has 27 heavy (non-hydrogen) atoms. The van der Waals surface area contributed by atoms with Crippen molar-refractivity contribution in [2.75, 3.05) is 18.0 Å². The topological polar surface area (TPSA) is 83.8 Å². The molecule has 1 aromatic carbocycles. The number of hydrogen-bond acceptors (Lipinski definition) is 5. The summed E-state index contributed by atoms with van der Waals surface area (Å²) in [6.45, 7) is 1.41. The summed E-state index contributed by atoms with van der Waals surface area (Å²) in [7, 11) is 0. The largest absolute Gasteiger partial charge is 0.340 e. The van der Waals surface area contributed by atoms with E-state index in [0.717, 1.165) is 22.7 Å². The van der Waals surface area contributed by atoms with E-state index in [1.807, 2.05) is 27.7 Å². The molecular formula is C19H18ClFN6. The van der Waals surface area contributed by atoms with Crippen LogP contribution in [0.5, 0.6) is 0 Å². The van der Waals surface area contributed by atoms with Gasteiger partial charge in [-0.05, 0) is 36.8 Å². The lowest BCUT2D eigenvalue weighted by molar-refractivity contribution is 0.243. The van der Waals surface area contributed by atoms with Gasteiger partial charge in [0.1, 0.15) is 12.2 Å². The van der Waals surface area contributed by atoms with Gasteiger partial charge in [-0.2, -0.15) is 5.26 Å². The number of fused-ring (bicyclic) bond motifs is 1. The number of alkyl halides is 1. The number of anilines is 1. The Balaban J connectivity index is 1.76. The fraction of sp³-hybridized carbons (Fsp3) is 0.316. The van der Waals surface area contributed by atoms with E-state index in [1.165, 1.54) is 0 Å². The minimum atomic E-state index is -0.992. The second-order valence-corrected chi connectivity index (χ2v) is 7.13. The van der Waals surface area contributed by atoms with Crippen LogP contribution in [0.2, 0.25) is 5.02 Å². The molecule has 0 unspecified atom stereocenters. The van der Waals surface area contributed by atoms with Gasteiger partial charge >= 0.3 is 0 Å². The third kappa shape index (κ3) is 3.46. The standard InChI is InChI=1S/C19H18ClFN6/c20-13-2-4-17-18(7-13)27(10-14-3-1-12(8-22)9-24-14)19(25-17)26-6-5-15(21)16(23)11-26/h1-4,7,9,15-16H,5-6,10-11,23H2/t15-,16+/m0/s1. The van der Waals surface area contributed by atoms with Crippen molar-refractivity contribution in [1.29, 1.82) is 5.26 Å². The number of hydrogen-bond donors (Lipinski definition) is 1. The number of nitrogens with two attached hydrogens (primary N) is 1. The maximum absolute atomic E-state index is 13.8. The number of benzene rings is 1. The fourth-order valence-electron chi connectivity index (χ4n) is 3.36. The third-order valence-corrected chi connectivity index (χ3v) is 5.05. The van der Waals surface area contributed by atoms with Crippen LogP contribution in [-0.2, 0) is 6.54 Å². The highest BCUT2D eigenvalue weighted by Crippen LogP contribution is 2.28. The average molecular weight is 385 g/mol. The Bertz CT molecular complexity index is 1010. The molecule has 8 heteroatoms. The molecule has 0 spiro atoms. The van der Waals surface area contributed by atoms with Crippen molar-refractivity contribution >= 4 is 28.6 Å². The molecule has 0 aliphatic carbocycles. The summed E-state index contributed by atoms with van der Waals surface area (Å²) in [5, 5.41) is 9.56. The minimum absolute atomic E-state index is 0.375. The van der Waals surface area contributed by atoms with Crippen molar-refractivity contribution in [3.05, 3.63) is 52.8 Å². The van der Waals surface area contributed by atoms with Crippen molar-refractivity contribution < 1.29 is 4.39 Å². The van der Waals surface area contributed by atoms with E-state index >= 15 is 0 Å². The van der Waals surface area contributed by atoms with Crippen molar-refractivity contribution in [2.45, 2.75) is 25.2 Å². The lowest BCUT2D eigenvalue weighted by Gasteiger charge is -2.34. The Morgan fingerprint density at radius 2 is 2.19 bits per heavy atom. The van der Waals surface area contributed by atoms with Gasteiger partial charge < -0.3 is 15.2 Å². The van der Waals surface area contributed by atoms with E-state index in [-0.39, 0.29) is 0 Å². The SMILES string of the molecule is N#Cc1ccc(Cn2c(N3CC[C@H](F)[C@H](N)C3)nc3ccc(Cl)cc32)nc1. The van der Waals surface area contributed by atoms with E-state index in [1.54, 1.807) is 18.3 Å². The summed E-state index contributed by atoms with van der Waals surface area (Å²) in [5.74, 6) is 0.723. The Kier molecular flexibility index (Phi) is 4.68. The molecule has 2 aromatic heterocycles. The average Bonchev–Trinajstić information content (AvgIpc) is 3.02. The number of nitriles is 1. The van der Waals surface area contributed by atoms with Gasteiger partial charge in [0, 0.05) is 24.3 Å². The third-order valence-electron chi connectivity index (χ3n) is 4.82. The van der Waals surface area contributed by atoms with E-state index in [2.05, 4.69) is 11.1 Å². The molecule has 0 saturated carbocycles. The summed E-state index contributed by atoms with van der Waals surface area (Å²) < 4.78 is 15.8. The number of halogens is 2. The van der Waals surface area contributed by atoms with Crippen molar-refractivity contribution in [1.82, 2.24) is 14.5 Å². The first-order valence-corrected chi connectivity index (χ1v) is 9.08. The number of rotatable bonds is 3. The molecule has 0 amide bonds. The van der Waals surface area contributed by atoms with Crippen LogP contribution in [0.3, 0.4) is 0 Å². The molecule has 1 aliphatic heterocycles. The second-order valence-electron chi connectivity index (χ2n) is 6.70. The van der Waals surface area contributed by atoms with Crippen LogP contribution in [0.4, 0.5) is 10.3 Å². The number of nitrogens with zero attached hydrogens (tertiary/aromatic N) is 5. The van der Waals surface area contributed by atoms with Crippen LogP contribution in [0.15, 0.2) is 36.5 Å². The van der Waals surface area contributed by atoms with Crippen molar-refractivity contribution in [2.24, 2.45) is 5.73 Å². The van der Waals surface area contributed by atoms with Gasteiger partial charge in [-0.25, -0.2) is 9.37 Å². The van der Waals surface area contributed by atoms with Crippen LogP contribution in [-0.4, -0.2) is 39.8 Å². The Morgan fingerprint density at radius 3 is 2.89 bits per heavy atom. The summed E-state index contributed by atoms with van der Waals surface area (Å²) in [4.78, 5) is 11.1. The molecular weight excluding hydrogens is 367 g/mol. The normalized spacial score (nSPS) is 20.0. The molecule has 3 heterocycles. The van der Waals surface area contributed by atoms with Crippen molar-refractivity contribution in [3.63, 3.8) is 0 Å². The summed E-state index contributed by atoms with van der Waals surface area (Å²) >= 11 is 6.19. The van der Waals surface area contributed by atoms with Gasteiger partial charge in [0.25, 0.3) is 0 Å². The zero-order valence-electron chi connectivity index (χ0n) is 14.5. The van der Waals surface area contributed by atoms with Gasteiger partial charge in [-0.15, -0.1) is 0 Å². The maximum atomic E-state index is 13.8. The van der Waals surface area contributed by atoms with E-state index in [4.69, 9.17) is 27.6 Å². The maximum Gasteiger partial charge on any atom is 0.206 e. The first-order chi connectivity index (χ1) is 13.0. The molecule has 2 N–H and O–H groups in total. The van der Waals surface area contributed by atoms with Crippen LogP contribution < -0.4 is 10.6 Å². The Hall–Kier alpha value is -2.69. The molecule has 6 nitrogen and oxygen atoms in total. The molecule has 0 bridgehead atoms. The first kappa shape index (κ1) is 17.7. The van der Waals surface area contributed by atoms with Gasteiger partial charge in [-0.3, -0.25) is 4.98 Å². The van der Waals surface area contributed by atoms with Crippen LogP contribution in [0.25, 0.3) is 11.0 Å². The summed E-state index contributed by atoms with van der Waals surface area (Å²) in [5.41, 5.74) is 8.92. The number of aromatic nitrogens is 3. The second kappa shape index (κ2) is 7.14. The van der Waals surface area contributed by atoms with Crippen LogP contribution >= 0.6 is 11.6 Å². The molecule has 1 saturated heterocycles. The van der Waals surface area contributed by atoms with Gasteiger partial charge in [0.05, 0.1) is 34.9 Å². The van der Waals surface area contributed by atoms with E-state index in [0.29, 0.717) is 36.6 Å². The van der Waals surface area contributed by atoms with Crippen molar-refractivity contribution in [3.8, 4) is 6.07 Å². The van der Waals surface area contributed by atoms with Crippen LogP contribution in [0, 0.1) is 11.3 Å². The Labute approximate surface area is 161 Å². The van der Waals surface area contributed by atoms with E-state index < -0.39 is 12.2 Å². The highest BCUT2D eigenvalue weighted by atomic mass is 35.5. The molecule has 1 aliphatic rings. The number of piperidine rings is 1. The monoisotopic (exact) mass is 384 g/mol. The lowest BCUT2D eigenvalue weighted by atomic mass is 10.1. The number of imidazole rings is 1. The predicted octanol–water partition coefficient (Wildman–Crippen LogP) is 2.88. The summed E-state index contributed by atoms with van der Waals surface area (Å²) in [6.07, 6.45) is 0.931. The highest BCUT2D eigenvalue weighted by Gasteiger charge is 2.29. The van der Waals surface area contributed by atoms with Gasteiger partial charge in [0.15, 0.2) is 0 Å². The molecule has 1 fully saturated rings.